The summed E-state index contributed by atoms with van der Waals surface area (Å²) in [5.74, 6) is 4.74. The predicted octanol–water partition coefficient (Wildman–Crippen LogP) is 5.72. The molecule has 4 bridgehead atoms. The summed E-state index contributed by atoms with van der Waals surface area (Å²) in [5, 5.41) is 3.13. The summed E-state index contributed by atoms with van der Waals surface area (Å²) in [6.07, 6.45) is 7.08. The molecular weight excluding hydrogens is 428 g/mol. The number of aromatic amines is 1. The fraction of sp³-hybridized carbons (Fsp3) is 0.667. The minimum Gasteiger partial charge on any atom is -0.444 e. The van der Waals surface area contributed by atoms with Crippen LogP contribution < -0.4 is 5.32 Å². The van der Waals surface area contributed by atoms with Gasteiger partial charge in [-0.1, -0.05) is 0 Å². The molecule has 2 aromatic rings. The Morgan fingerprint density at radius 1 is 1.12 bits per heavy atom. The van der Waals surface area contributed by atoms with Crippen LogP contribution in [0.15, 0.2) is 18.2 Å². The number of benzene rings is 1. The Labute approximate surface area is 202 Å². The Morgan fingerprint density at radius 2 is 1.79 bits per heavy atom. The molecular formula is C27H38N4O3. The number of anilines is 1. The van der Waals surface area contributed by atoms with Gasteiger partial charge in [-0.3, -0.25) is 4.79 Å². The van der Waals surface area contributed by atoms with Gasteiger partial charge in [0.1, 0.15) is 11.4 Å². The minimum absolute atomic E-state index is 0.124. The van der Waals surface area contributed by atoms with Crippen molar-refractivity contribution in [1.82, 2.24) is 14.9 Å². The third-order valence-electron chi connectivity index (χ3n) is 8.03. The van der Waals surface area contributed by atoms with Gasteiger partial charge in [0.15, 0.2) is 0 Å². The molecule has 0 spiro atoms. The van der Waals surface area contributed by atoms with Crippen molar-refractivity contribution in [1.29, 1.82) is 0 Å². The van der Waals surface area contributed by atoms with E-state index in [0.717, 1.165) is 40.4 Å². The number of amides is 2. The topological polar surface area (TPSA) is 87.3 Å². The first kappa shape index (κ1) is 23.2. The van der Waals surface area contributed by atoms with E-state index in [9.17, 15) is 9.59 Å². The molecule has 4 fully saturated rings. The lowest BCUT2D eigenvalue weighted by Gasteiger charge is -2.54. The van der Waals surface area contributed by atoms with E-state index in [1.807, 2.05) is 45.9 Å². The maximum absolute atomic E-state index is 12.9. The second-order valence-corrected chi connectivity index (χ2v) is 11.8. The van der Waals surface area contributed by atoms with Crippen LogP contribution in [0.2, 0.25) is 0 Å². The lowest BCUT2D eigenvalue weighted by Crippen LogP contribution is -2.46. The molecule has 184 valence electrons. The number of carbonyl (C=O) groups excluding carboxylic acids is 2. The van der Waals surface area contributed by atoms with E-state index < -0.39 is 5.60 Å². The van der Waals surface area contributed by atoms with E-state index in [4.69, 9.17) is 4.74 Å². The summed E-state index contributed by atoms with van der Waals surface area (Å²) < 4.78 is 5.50. The number of hydrogen-bond donors (Lipinski definition) is 2. The van der Waals surface area contributed by atoms with E-state index in [0.29, 0.717) is 31.3 Å². The van der Waals surface area contributed by atoms with E-state index in [1.54, 1.807) is 4.90 Å². The highest BCUT2D eigenvalue weighted by atomic mass is 16.6. The third kappa shape index (κ3) is 4.93. The van der Waals surface area contributed by atoms with Gasteiger partial charge in [0.25, 0.3) is 0 Å². The quantitative estimate of drug-likeness (QED) is 0.570. The van der Waals surface area contributed by atoms with Crippen molar-refractivity contribution in [3.8, 4) is 0 Å². The van der Waals surface area contributed by atoms with Gasteiger partial charge in [0, 0.05) is 18.7 Å². The lowest BCUT2D eigenvalue weighted by atomic mass is 9.51. The Hall–Kier alpha value is -2.57. The average Bonchev–Trinajstić information content (AvgIpc) is 3.14. The molecule has 0 radical (unpaired) electrons. The van der Waals surface area contributed by atoms with Crippen LogP contribution >= 0.6 is 0 Å². The maximum Gasteiger partial charge on any atom is 0.410 e. The Morgan fingerprint density at radius 3 is 2.41 bits per heavy atom. The van der Waals surface area contributed by atoms with Crippen LogP contribution in [0.25, 0.3) is 11.0 Å². The van der Waals surface area contributed by atoms with Crippen LogP contribution in [-0.2, 0) is 16.1 Å². The summed E-state index contributed by atoms with van der Waals surface area (Å²) in [4.78, 5) is 34.9. The molecule has 4 aliphatic rings. The number of nitrogens with one attached hydrogen (secondary N) is 2. The molecule has 0 aliphatic heterocycles. The number of aromatic nitrogens is 2. The van der Waals surface area contributed by atoms with Crippen LogP contribution in [0, 0.1) is 29.6 Å². The number of rotatable bonds is 6. The molecule has 7 heteroatoms. The standard InChI is InChI=1S/C27H38N4O3/c1-5-31(26(33)34-27(2,3)4)15-24-29-22-7-6-20(13-23(22)30-24)28-25(32)14-21-18-9-16-8-17(11-18)12-19(21)10-16/h6-7,13,16-19,21H,5,8-12,14-15H2,1-4H3,(H,28,32)(H,29,30). The lowest BCUT2D eigenvalue weighted by molar-refractivity contribution is -0.121. The number of hydrogen-bond acceptors (Lipinski definition) is 4. The van der Waals surface area contributed by atoms with Crippen molar-refractivity contribution < 1.29 is 14.3 Å². The summed E-state index contributed by atoms with van der Waals surface area (Å²) in [6.45, 7) is 8.37. The molecule has 4 aliphatic carbocycles. The second kappa shape index (κ2) is 8.90. The number of nitrogens with zero attached hydrogens (tertiary/aromatic N) is 2. The molecule has 1 aromatic heterocycles. The van der Waals surface area contributed by atoms with Gasteiger partial charge in [-0.2, -0.15) is 0 Å². The van der Waals surface area contributed by atoms with Crippen LogP contribution in [0.5, 0.6) is 0 Å². The van der Waals surface area contributed by atoms with Crippen molar-refractivity contribution in [3.63, 3.8) is 0 Å². The largest absolute Gasteiger partial charge is 0.444 e. The van der Waals surface area contributed by atoms with Gasteiger partial charge >= 0.3 is 6.09 Å². The number of imidazole rings is 1. The Kier molecular flexibility index (Phi) is 6.07. The minimum atomic E-state index is -0.540. The fourth-order valence-electron chi connectivity index (χ4n) is 6.83. The highest BCUT2D eigenvalue weighted by Crippen LogP contribution is 2.57. The zero-order valence-corrected chi connectivity index (χ0v) is 20.9. The van der Waals surface area contributed by atoms with E-state index in [2.05, 4.69) is 15.3 Å². The van der Waals surface area contributed by atoms with Crippen LogP contribution in [0.3, 0.4) is 0 Å². The molecule has 1 aromatic carbocycles. The van der Waals surface area contributed by atoms with Crippen molar-refractivity contribution in [2.45, 2.75) is 78.4 Å². The van der Waals surface area contributed by atoms with Gasteiger partial charge in [0.2, 0.25) is 5.91 Å². The molecule has 34 heavy (non-hydrogen) atoms. The molecule has 4 saturated carbocycles. The van der Waals surface area contributed by atoms with Crippen LogP contribution in [0.4, 0.5) is 10.5 Å². The molecule has 0 unspecified atom stereocenters. The maximum atomic E-state index is 12.9. The zero-order valence-electron chi connectivity index (χ0n) is 20.9. The van der Waals surface area contributed by atoms with Gasteiger partial charge in [-0.15, -0.1) is 0 Å². The first-order valence-corrected chi connectivity index (χ1v) is 12.9. The van der Waals surface area contributed by atoms with Crippen molar-refractivity contribution in [2.75, 3.05) is 11.9 Å². The number of carbonyl (C=O) groups is 2. The molecule has 2 N–H and O–H groups in total. The monoisotopic (exact) mass is 466 g/mol. The van der Waals surface area contributed by atoms with Crippen LogP contribution in [-0.4, -0.2) is 39.0 Å². The molecule has 2 amide bonds. The second-order valence-electron chi connectivity index (χ2n) is 11.8. The van der Waals surface area contributed by atoms with Gasteiger partial charge < -0.3 is 19.9 Å². The number of fused-ring (bicyclic) bond motifs is 1. The van der Waals surface area contributed by atoms with Gasteiger partial charge in [-0.05, 0) is 108 Å². The molecule has 0 saturated heterocycles. The molecule has 1 heterocycles. The first-order valence-electron chi connectivity index (χ1n) is 12.9. The zero-order chi connectivity index (χ0) is 24.0. The van der Waals surface area contributed by atoms with E-state index in [-0.39, 0.29) is 12.0 Å². The van der Waals surface area contributed by atoms with Crippen molar-refractivity contribution in [3.05, 3.63) is 24.0 Å². The average molecular weight is 467 g/mol. The Bertz CT molecular complexity index is 1040. The summed E-state index contributed by atoms with van der Waals surface area (Å²) in [5.41, 5.74) is 1.91. The first-order chi connectivity index (χ1) is 16.2. The van der Waals surface area contributed by atoms with Gasteiger partial charge in [-0.25, -0.2) is 9.78 Å². The highest BCUT2D eigenvalue weighted by Gasteiger charge is 2.48. The summed E-state index contributed by atoms with van der Waals surface area (Å²) >= 11 is 0. The summed E-state index contributed by atoms with van der Waals surface area (Å²) in [7, 11) is 0. The molecule has 0 atom stereocenters. The normalized spacial score (nSPS) is 27.7. The number of H-pyrrole nitrogens is 1. The van der Waals surface area contributed by atoms with Crippen molar-refractivity contribution in [2.24, 2.45) is 29.6 Å². The predicted molar refractivity (Wildman–Crippen MR) is 132 cm³/mol. The molecule has 6 rings (SSSR count). The smallest absolute Gasteiger partial charge is 0.410 e. The van der Waals surface area contributed by atoms with Crippen LogP contribution in [0.1, 0.15) is 72.0 Å². The number of ether oxygens (including phenoxy) is 1. The van der Waals surface area contributed by atoms with E-state index in [1.165, 1.54) is 32.1 Å². The fourth-order valence-corrected chi connectivity index (χ4v) is 6.83. The van der Waals surface area contributed by atoms with E-state index >= 15 is 0 Å². The Balaban J connectivity index is 1.21. The SMILES string of the molecule is CCN(Cc1nc2ccc(NC(=O)CC3C4CC5CC(C4)CC3C5)cc2[nH]1)C(=O)OC(C)(C)C. The third-order valence-corrected chi connectivity index (χ3v) is 8.03. The highest BCUT2D eigenvalue weighted by molar-refractivity contribution is 5.93. The van der Waals surface area contributed by atoms with Crippen molar-refractivity contribution >= 4 is 28.7 Å². The van der Waals surface area contributed by atoms with Gasteiger partial charge in [0.05, 0.1) is 17.6 Å². The summed E-state index contributed by atoms with van der Waals surface area (Å²) in [6, 6.07) is 5.76. The molecule has 7 nitrogen and oxygen atoms in total.